The second-order valence-electron chi connectivity index (χ2n) is 13.6. The molecule has 0 N–H and O–H groups in total. The second kappa shape index (κ2) is 14.2. The number of hydrogen-bond donors (Lipinski definition) is 0. The molecule has 37 heavy (non-hydrogen) atoms. The van der Waals surface area contributed by atoms with E-state index in [1.54, 1.807) is 0 Å². The molecule has 1 atom stereocenters. The first kappa shape index (κ1) is 28.7. The van der Waals surface area contributed by atoms with Gasteiger partial charge in [-0.25, -0.2) is 0 Å². The quantitative estimate of drug-likeness (QED) is 0.293. The molecular formula is C35H56O2. The molecule has 208 valence electrons. The fourth-order valence-electron chi connectivity index (χ4n) is 7.76. The van der Waals surface area contributed by atoms with Gasteiger partial charge in [-0.2, -0.15) is 0 Å². The highest BCUT2D eigenvalue weighted by molar-refractivity contribution is 5.69. The lowest BCUT2D eigenvalue weighted by molar-refractivity contribution is -0.116. The first-order chi connectivity index (χ1) is 17.9. The molecule has 0 aromatic heterocycles. The summed E-state index contributed by atoms with van der Waals surface area (Å²) in [5.41, 5.74) is 2.82. The Morgan fingerprint density at radius 2 is 1.30 bits per heavy atom. The summed E-state index contributed by atoms with van der Waals surface area (Å²) >= 11 is 0. The van der Waals surface area contributed by atoms with Crippen LogP contribution >= 0.6 is 0 Å². The first-order valence-corrected chi connectivity index (χ1v) is 16.0. The third kappa shape index (κ3) is 8.61. The van der Waals surface area contributed by atoms with Crippen LogP contribution in [0.2, 0.25) is 0 Å². The highest BCUT2D eigenvalue weighted by Crippen LogP contribution is 2.43. The van der Waals surface area contributed by atoms with Crippen LogP contribution in [0.4, 0.5) is 0 Å². The Morgan fingerprint density at radius 3 is 1.78 bits per heavy atom. The average molecular weight is 509 g/mol. The van der Waals surface area contributed by atoms with Crippen molar-refractivity contribution in [3.8, 4) is 5.75 Å². The van der Waals surface area contributed by atoms with Gasteiger partial charge in [-0.3, -0.25) is 0 Å². The minimum absolute atomic E-state index is 0.120. The van der Waals surface area contributed by atoms with Gasteiger partial charge in [-0.05, 0) is 72.1 Å². The zero-order valence-corrected chi connectivity index (χ0v) is 24.6. The first-order valence-electron chi connectivity index (χ1n) is 16.0. The number of ether oxygens (including phenoxy) is 2. The lowest BCUT2D eigenvalue weighted by atomic mass is 9.68. The Balaban J connectivity index is 1.49. The second-order valence-corrected chi connectivity index (χ2v) is 13.6. The summed E-state index contributed by atoms with van der Waals surface area (Å²) < 4.78 is 13.4. The van der Waals surface area contributed by atoms with Gasteiger partial charge < -0.3 is 9.47 Å². The van der Waals surface area contributed by atoms with Crippen molar-refractivity contribution in [3.05, 3.63) is 35.9 Å². The molecular weight excluding hydrogens is 452 g/mol. The summed E-state index contributed by atoms with van der Waals surface area (Å²) in [5, 5.41) is 0. The summed E-state index contributed by atoms with van der Waals surface area (Å²) in [6.45, 7) is 9.89. The summed E-state index contributed by atoms with van der Waals surface area (Å²) in [5.74, 6) is 4.17. The predicted molar refractivity (Wildman–Crippen MR) is 158 cm³/mol. The molecule has 4 rings (SSSR count). The monoisotopic (exact) mass is 508 g/mol. The zero-order chi connectivity index (χ0) is 26.1. The maximum absolute atomic E-state index is 6.73. The molecule has 0 aliphatic heterocycles. The topological polar surface area (TPSA) is 18.5 Å². The molecule has 0 saturated heterocycles. The van der Waals surface area contributed by atoms with Crippen molar-refractivity contribution in [2.45, 2.75) is 137 Å². The van der Waals surface area contributed by atoms with Crippen LogP contribution in [0.15, 0.2) is 30.3 Å². The fraction of sp³-hybridized carbons (Fsp3) is 0.771. The summed E-state index contributed by atoms with van der Waals surface area (Å²) in [7, 11) is 0. The van der Waals surface area contributed by atoms with Crippen molar-refractivity contribution in [2.75, 3.05) is 6.61 Å². The average Bonchev–Trinajstić information content (AvgIpc) is 2.92. The van der Waals surface area contributed by atoms with E-state index in [9.17, 15) is 0 Å². The molecule has 2 heteroatoms. The summed E-state index contributed by atoms with van der Waals surface area (Å²) in [6.07, 6.45) is 24.2. The molecule has 0 spiro atoms. The van der Waals surface area contributed by atoms with Gasteiger partial charge in [0.25, 0.3) is 0 Å². The molecule has 0 radical (unpaired) electrons. The normalized spacial score (nSPS) is 22.4. The Morgan fingerprint density at radius 1 is 0.784 bits per heavy atom. The van der Waals surface area contributed by atoms with Crippen molar-refractivity contribution in [2.24, 2.45) is 29.1 Å². The Labute approximate surface area is 229 Å². The number of allylic oxidation sites excluding steroid dienone is 2. The van der Waals surface area contributed by atoms with Gasteiger partial charge in [-0.15, -0.1) is 0 Å². The summed E-state index contributed by atoms with van der Waals surface area (Å²) in [4.78, 5) is 0. The molecule has 0 bridgehead atoms. The van der Waals surface area contributed by atoms with E-state index in [0.29, 0.717) is 5.92 Å². The highest BCUT2D eigenvalue weighted by Gasteiger charge is 2.34. The van der Waals surface area contributed by atoms with Crippen molar-refractivity contribution in [1.29, 1.82) is 0 Å². The standard InChI is InChI=1S/C35H56O2/c1-5-33(35(2,3)4)30-21-23-31(24-22-30)37-34(36-26-27-15-9-6-10-16-27)25-32(28-17-11-7-12-18-28)29-19-13-8-14-20-29/h5,21-24,27-29,32,34H,6-20,25-26H2,1-4H3. The SMILES string of the molecule is CC=C(c1ccc(OC(CC(C2CCCCC2)C2CCCCC2)OCC2CCCCC2)cc1)C(C)(C)C. The van der Waals surface area contributed by atoms with Crippen LogP contribution in [-0.4, -0.2) is 12.9 Å². The molecule has 3 saturated carbocycles. The predicted octanol–water partition coefficient (Wildman–Crippen LogP) is 10.6. The Kier molecular flexibility index (Phi) is 11.0. The third-order valence-corrected chi connectivity index (χ3v) is 9.75. The molecule has 3 aliphatic rings. The van der Waals surface area contributed by atoms with Crippen LogP contribution in [-0.2, 0) is 4.74 Å². The Hall–Kier alpha value is -1.28. The van der Waals surface area contributed by atoms with Crippen LogP contribution in [0.1, 0.15) is 136 Å². The van der Waals surface area contributed by atoms with Crippen LogP contribution in [0.25, 0.3) is 5.57 Å². The van der Waals surface area contributed by atoms with E-state index in [4.69, 9.17) is 9.47 Å². The van der Waals surface area contributed by atoms with Gasteiger partial charge in [0.15, 0.2) is 6.29 Å². The number of hydrogen-bond acceptors (Lipinski definition) is 2. The maximum Gasteiger partial charge on any atom is 0.200 e. The maximum atomic E-state index is 6.73. The minimum atomic E-state index is -0.120. The van der Waals surface area contributed by atoms with Gasteiger partial charge in [0.2, 0.25) is 0 Å². The minimum Gasteiger partial charge on any atom is -0.465 e. The Bertz CT molecular complexity index is 781. The van der Waals surface area contributed by atoms with Gasteiger partial charge in [0, 0.05) is 6.42 Å². The van der Waals surface area contributed by atoms with Crippen LogP contribution in [0, 0.1) is 29.1 Å². The lowest BCUT2D eigenvalue weighted by Gasteiger charge is -2.39. The van der Waals surface area contributed by atoms with Crippen molar-refractivity contribution < 1.29 is 9.47 Å². The van der Waals surface area contributed by atoms with Crippen LogP contribution in [0.5, 0.6) is 5.75 Å². The van der Waals surface area contributed by atoms with Crippen LogP contribution in [0.3, 0.4) is 0 Å². The summed E-state index contributed by atoms with van der Waals surface area (Å²) in [6, 6.07) is 8.84. The van der Waals surface area contributed by atoms with Gasteiger partial charge in [0.1, 0.15) is 5.75 Å². The van der Waals surface area contributed by atoms with E-state index in [-0.39, 0.29) is 11.7 Å². The third-order valence-electron chi connectivity index (χ3n) is 9.75. The smallest absolute Gasteiger partial charge is 0.200 e. The van der Waals surface area contributed by atoms with Gasteiger partial charge in [-0.1, -0.05) is 122 Å². The largest absolute Gasteiger partial charge is 0.465 e. The molecule has 1 unspecified atom stereocenters. The molecule has 3 aliphatic carbocycles. The van der Waals surface area contributed by atoms with E-state index in [2.05, 4.69) is 58.0 Å². The highest BCUT2D eigenvalue weighted by atomic mass is 16.7. The van der Waals surface area contributed by atoms with Crippen molar-refractivity contribution >= 4 is 5.57 Å². The van der Waals surface area contributed by atoms with Gasteiger partial charge >= 0.3 is 0 Å². The van der Waals surface area contributed by atoms with Gasteiger partial charge in [0.05, 0.1) is 6.61 Å². The molecule has 2 nitrogen and oxygen atoms in total. The number of rotatable bonds is 10. The fourth-order valence-corrected chi connectivity index (χ4v) is 7.76. The van der Waals surface area contributed by atoms with E-state index >= 15 is 0 Å². The molecule has 1 aromatic carbocycles. The van der Waals surface area contributed by atoms with E-state index < -0.39 is 0 Å². The van der Waals surface area contributed by atoms with E-state index in [1.165, 1.54) is 107 Å². The molecule has 3 fully saturated rings. The molecule has 1 aromatic rings. The van der Waals surface area contributed by atoms with Crippen LogP contribution < -0.4 is 4.74 Å². The van der Waals surface area contributed by atoms with E-state index in [1.807, 2.05) is 0 Å². The lowest BCUT2D eigenvalue weighted by Crippen LogP contribution is -2.34. The zero-order valence-electron chi connectivity index (χ0n) is 24.6. The molecule has 0 heterocycles. The molecule has 0 amide bonds. The van der Waals surface area contributed by atoms with Crippen molar-refractivity contribution in [3.63, 3.8) is 0 Å². The van der Waals surface area contributed by atoms with E-state index in [0.717, 1.165) is 36.5 Å². The van der Waals surface area contributed by atoms with Crippen molar-refractivity contribution in [1.82, 2.24) is 0 Å². The number of benzene rings is 1.